The highest BCUT2D eigenvalue weighted by Gasteiger charge is 2.08. The summed E-state index contributed by atoms with van der Waals surface area (Å²) in [7, 11) is 3.70. The summed E-state index contributed by atoms with van der Waals surface area (Å²) < 4.78 is 4.96. The van der Waals surface area contributed by atoms with Gasteiger partial charge in [-0.05, 0) is 18.5 Å². The van der Waals surface area contributed by atoms with Crippen LogP contribution in [-0.2, 0) is 6.42 Å². The Balaban J connectivity index is 2.49. The molecule has 1 heterocycles. The second-order valence-electron chi connectivity index (χ2n) is 3.27. The van der Waals surface area contributed by atoms with Gasteiger partial charge in [0.05, 0.1) is 6.10 Å². The van der Waals surface area contributed by atoms with E-state index in [0.29, 0.717) is 24.7 Å². The van der Waals surface area contributed by atoms with Gasteiger partial charge in [0.15, 0.2) is 0 Å². The zero-order valence-electron chi connectivity index (χ0n) is 8.19. The molecule has 5 nitrogen and oxygen atoms in total. The number of aryl methyl sites for hydroxylation is 1. The maximum Gasteiger partial charge on any atom is 0.265 e. The number of rotatable bonds is 4. The van der Waals surface area contributed by atoms with Crippen molar-refractivity contribution in [1.82, 2.24) is 10.1 Å². The minimum Gasteiger partial charge on any atom is -0.393 e. The molecular weight excluding hydrogens is 170 g/mol. The van der Waals surface area contributed by atoms with Crippen LogP contribution in [-0.4, -0.2) is 35.4 Å². The number of aromatic nitrogens is 2. The standard InChI is InChI=1S/C8H15N3O2/c1-6(12)4-5-7-9-8(10-13-7)11(2)3/h6,12H,4-5H2,1-3H3. The lowest BCUT2D eigenvalue weighted by molar-refractivity contribution is 0.180. The lowest BCUT2D eigenvalue weighted by Crippen LogP contribution is -2.10. The summed E-state index contributed by atoms with van der Waals surface area (Å²) in [6.45, 7) is 1.74. The fourth-order valence-corrected chi connectivity index (χ4v) is 0.861. The van der Waals surface area contributed by atoms with Crippen LogP contribution in [0.4, 0.5) is 5.95 Å². The Morgan fingerprint density at radius 3 is 2.69 bits per heavy atom. The average Bonchev–Trinajstić information content (AvgIpc) is 2.48. The van der Waals surface area contributed by atoms with Gasteiger partial charge in [0.25, 0.3) is 5.95 Å². The van der Waals surface area contributed by atoms with Gasteiger partial charge in [-0.25, -0.2) is 0 Å². The van der Waals surface area contributed by atoms with Crippen LogP contribution < -0.4 is 4.90 Å². The van der Waals surface area contributed by atoms with E-state index in [1.807, 2.05) is 14.1 Å². The molecule has 0 aliphatic carbocycles. The smallest absolute Gasteiger partial charge is 0.265 e. The predicted molar refractivity (Wildman–Crippen MR) is 48.6 cm³/mol. The van der Waals surface area contributed by atoms with Crippen molar-refractivity contribution in [3.8, 4) is 0 Å². The fourth-order valence-electron chi connectivity index (χ4n) is 0.861. The van der Waals surface area contributed by atoms with Gasteiger partial charge in [-0.15, -0.1) is 0 Å². The first-order valence-corrected chi connectivity index (χ1v) is 4.27. The summed E-state index contributed by atoms with van der Waals surface area (Å²) in [5, 5.41) is 12.8. The highest BCUT2D eigenvalue weighted by molar-refractivity contribution is 5.23. The second kappa shape index (κ2) is 4.23. The van der Waals surface area contributed by atoms with E-state index < -0.39 is 0 Å². The second-order valence-corrected chi connectivity index (χ2v) is 3.27. The third-order valence-electron chi connectivity index (χ3n) is 1.63. The van der Waals surface area contributed by atoms with Crippen LogP contribution in [0.5, 0.6) is 0 Å². The molecule has 0 fully saturated rings. The number of nitrogens with zero attached hydrogens (tertiary/aromatic N) is 3. The van der Waals surface area contributed by atoms with Gasteiger partial charge in [-0.3, -0.25) is 0 Å². The molecule has 0 aliphatic rings. The molecule has 0 bridgehead atoms. The molecule has 0 aromatic carbocycles. The van der Waals surface area contributed by atoms with Crippen LogP contribution in [0.15, 0.2) is 4.52 Å². The molecule has 0 saturated heterocycles. The van der Waals surface area contributed by atoms with E-state index in [1.165, 1.54) is 0 Å². The van der Waals surface area contributed by atoms with Gasteiger partial charge >= 0.3 is 0 Å². The van der Waals surface area contributed by atoms with Crippen LogP contribution >= 0.6 is 0 Å². The molecule has 1 unspecified atom stereocenters. The van der Waals surface area contributed by atoms with E-state index in [4.69, 9.17) is 9.63 Å². The summed E-state index contributed by atoms with van der Waals surface area (Å²) in [5.41, 5.74) is 0. The van der Waals surface area contributed by atoms with Crippen LogP contribution in [0.1, 0.15) is 19.2 Å². The number of anilines is 1. The van der Waals surface area contributed by atoms with Gasteiger partial charge in [0.1, 0.15) is 0 Å². The number of hydrogen-bond donors (Lipinski definition) is 1. The molecule has 1 aromatic heterocycles. The van der Waals surface area contributed by atoms with Gasteiger partial charge < -0.3 is 14.5 Å². The Labute approximate surface area is 77.4 Å². The van der Waals surface area contributed by atoms with Crippen molar-refractivity contribution < 1.29 is 9.63 Å². The Kier molecular flexibility index (Phi) is 3.25. The molecule has 0 aliphatic heterocycles. The zero-order valence-corrected chi connectivity index (χ0v) is 8.19. The van der Waals surface area contributed by atoms with E-state index in [9.17, 15) is 0 Å². The van der Waals surface area contributed by atoms with E-state index in [0.717, 1.165) is 0 Å². The summed E-state index contributed by atoms with van der Waals surface area (Å²) in [6, 6.07) is 0. The van der Waals surface area contributed by atoms with Crippen molar-refractivity contribution in [2.24, 2.45) is 0 Å². The lowest BCUT2D eigenvalue weighted by atomic mass is 10.2. The maximum absolute atomic E-state index is 9.03. The molecule has 5 heteroatoms. The summed E-state index contributed by atoms with van der Waals surface area (Å²) in [4.78, 5) is 5.89. The summed E-state index contributed by atoms with van der Waals surface area (Å²) in [6.07, 6.45) is 0.947. The average molecular weight is 185 g/mol. The minimum absolute atomic E-state index is 0.324. The molecule has 0 radical (unpaired) electrons. The molecule has 0 amide bonds. The predicted octanol–water partition coefficient (Wildman–Crippen LogP) is 0.449. The largest absolute Gasteiger partial charge is 0.393 e. The number of aliphatic hydroxyl groups is 1. The highest BCUT2D eigenvalue weighted by atomic mass is 16.5. The first-order valence-electron chi connectivity index (χ1n) is 4.27. The Bertz CT molecular complexity index is 258. The monoisotopic (exact) mass is 185 g/mol. The number of aliphatic hydroxyl groups excluding tert-OH is 1. The van der Waals surface area contributed by atoms with Crippen molar-refractivity contribution in [2.45, 2.75) is 25.9 Å². The minimum atomic E-state index is -0.324. The SMILES string of the molecule is CC(O)CCc1nc(N(C)C)no1. The van der Waals surface area contributed by atoms with Gasteiger partial charge in [0.2, 0.25) is 5.89 Å². The molecule has 1 aromatic rings. The highest BCUT2D eigenvalue weighted by Crippen LogP contribution is 2.07. The first kappa shape index (κ1) is 9.98. The number of hydrogen-bond acceptors (Lipinski definition) is 5. The molecular formula is C8H15N3O2. The third-order valence-corrected chi connectivity index (χ3v) is 1.63. The Morgan fingerprint density at radius 2 is 2.23 bits per heavy atom. The van der Waals surface area contributed by atoms with Crippen LogP contribution in [0, 0.1) is 0 Å². The topological polar surface area (TPSA) is 62.4 Å². The van der Waals surface area contributed by atoms with Crippen molar-refractivity contribution in [3.63, 3.8) is 0 Å². The lowest BCUT2D eigenvalue weighted by Gasteiger charge is -2.02. The van der Waals surface area contributed by atoms with E-state index in [-0.39, 0.29) is 6.10 Å². The van der Waals surface area contributed by atoms with Crippen LogP contribution in [0.2, 0.25) is 0 Å². The van der Waals surface area contributed by atoms with Crippen LogP contribution in [0.3, 0.4) is 0 Å². The Morgan fingerprint density at radius 1 is 1.54 bits per heavy atom. The summed E-state index contributed by atoms with van der Waals surface area (Å²) >= 11 is 0. The molecule has 1 atom stereocenters. The quantitative estimate of drug-likeness (QED) is 0.737. The van der Waals surface area contributed by atoms with Gasteiger partial charge in [0, 0.05) is 20.5 Å². The van der Waals surface area contributed by atoms with Gasteiger partial charge in [-0.2, -0.15) is 4.98 Å². The normalized spacial score (nSPS) is 12.9. The van der Waals surface area contributed by atoms with Gasteiger partial charge in [-0.1, -0.05) is 0 Å². The van der Waals surface area contributed by atoms with Crippen molar-refractivity contribution in [2.75, 3.05) is 19.0 Å². The third kappa shape index (κ3) is 3.02. The van der Waals surface area contributed by atoms with Crippen molar-refractivity contribution in [3.05, 3.63) is 5.89 Å². The van der Waals surface area contributed by atoms with Crippen LogP contribution in [0.25, 0.3) is 0 Å². The molecule has 1 rings (SSSR count). The van der Waals surface area contributed by atoms with Crippen molar-refractivity contribution >= 4 is 5.95 Å². The molecule has 0 saturated carbocycles. The van der Waals surface area contributed by atoms with E-state index in [1.54, 1.807) is 11.8 Å². The Hall–Kier alpha value is -1.10. The summed E-state index contributed by atoms with van der Waals surface area (Å²) in [5.74, 6) is 1.14. The van der Waals surface area contributed by atoms with E-state index in [2.05, 4.69) is 10.1 Å². The zero-order chi connectivity index (χ0) is 9.84. The van der Waals surface area contributed by atoms with E-state index >= 15 is 0 Å². The maximum atomic E-state index is 9.03. The molecule has 13 heavy (non-hydrogen) atoms. The molecule has 74 valence electrons. The fraction of sp³-hybridized carbons (Fsp3) is 0.750. The molecule has 0 spiro atoms. The first-order chi connectivity index (χ1) is 6.09. The van der Waals surface area contributed by atoms with Crippen molar-refractivity contribution in [1.29, 1.82) is 0 Å². The molecule has 1 N–H and O–H groups in total.